The van der Waals surface area contributed by atoms with Crippen LogP contribution in [0, 0.1) is 0 Å². The van der Waals surface area contributed by atoms with E-state index in [1.165, 1.54) is 12.0 Å². The third-order valence-electron chi connectivity index (χ3n) is 1.47. The molecule has 0 N–H and O–H groups in total. The average molecular weight is 152 g/mol. The topological polar surface area (TPSA) is 0 Å². The summed E-state index contributed by atoms with van der Waals surface area (Å²) in [5.41, 5.74) is 1.41. The molecule has 0 fully saturated rings. The van der Waals surface area contributed by atoms with E-state index in [9.17, 15) is 0 Å². The van der Waals surface area contributed by atoms with Crippen molar-refractivity contribution in [3.8, 4) is 0 Å². The molecule has 0 radical (unpaired) electrons. The van der Waals surface area contributed by atoms with E-state index in [1.807, 2.05) is 6.07 Å². The Kier molecular flexibility index (Phi) is 3.37. The summed E-state index contributed by atoms with van der Waals surface area (Å²) in [6.45, 7) is 0. The van der Waals surface area contributed by atoms with Crippen molar-refractivity contribution in [3.63, 3.8) is 0 Å². The maximum absolute atomic E-state index is 4.15. The van der Waals surface area contributed by atoms with Crippen LogP contribution in [0.3, 0.4) is 0 Å². The van der Waals surface area contributed by atoms with Crippen LogP contribution >= 0.6 is 12.6 Å². The summed E-state index contributed by atoms with van der Waals surface area (Å²) in [6, 6.07) is 10.5. The Morgan fingerprint density at radius 2 is 1.80 bits per heavy atom. The number of rotatable bonds is 3. The van der Waals surface area contributed by atoms with Crippen molar-refractivity contribution >= 4 is 12.6 Å². The second-order valence-electron chi connectivity index (χ2n) is 2.31. The summed E-state index contributed by atoms with van der Waals surface area (Å²) in [5.74, 6) is 0.981. The molecule has 0 saturated carbocycles. The zero-order chi connectivity index (χ0) is 7.23. The number of hydrogen-bond donors (Lipinski definition) is 1. The van der Waals surface area contributed by atoms with Crippen LogP contribution in [0.15, 0.2) is 30.3 Å². The summed E-state index contributed by atoms with van der Waals surface area (Å²) < 4.78 is 0. The van der Waals surface area contributed by atoms with Crippen LogP contribution < -0.4 is 0 Å². The minimum absolute atomic E-state index is 0.981. The van der Waals surface area contributed by atoms with Gasteiger partial charge in [-0.3, -0.25) is 0 Å². The Morgan fingerprint density at radius 1 is 1.10 bits per heavy atom. The standard InChI is InChI=1S/C9H12S/c10-8-4-7-9-5-2-1-3-6-9/h1-3,5-6,10H,4,7-8H2. The number of thiol groups is 1. The molecule has 0 amide bonds. The van der Waals surface area contributed by atoms with E-state index in [-0.39, 0.29) is 0 Å². The molecule has 0 bridgehead atoms. The van der Waals surface area contributed by atoms with Crippen molar-refractivity contribution in [3.05, 3.63) is 35.9 Å². The monoisotopic (exact) mass is 152 g/mol. The van der Waals surface area contributed by atoms with Crippen LogP contribution in [-0.4, -0.2) is 5.75 Å². The fraction of sp³-hybridized carbons (Fsp3) is 0.333. The van der Waals surface area contributed by atoms with Crippen LogP contribution in [0.2, 0.25) is 0 Å². The highest BCUT2D eigenvalue weighted by Crippen LogP contribution is 2.02. The van der Waals surface area contributed by atoms with Gasteiger partial charge in [0.25, 0.3) is 0 Å². The van der Waals surface area contributed by atoms with Gasteiger partial charge in [-0.15, -0.1) is 0 Å². The van der Waals surface area contributed by atoms with Crippen LogP contribution in [0.5, 0.6) is 0 Å². The highest BCUT2D eigenvalue weighted by molar-refractivity contribution is 7.80. The lowest BCUT2D eigenvalue weighted by atomic mass is 10.1. The quantitative estimate of drug-likeness (QED) is 0.632. The molecule has 0 aromatic heterocycles. The second kappa shape index (κ2) is 4.40. The van der Waals surface area contributed by atoms with Gasteiger partial charge in [0.05, 0.1) is 0 Å². The van der Waals surface area contributed by atoms with Crippen molar-refractivity contribution in [2.75, 3.05) is 5.75 Å². The van der Waals surface area contributed by atoms with E-state index in [0.717, 1.165) is 12.2 Å². The molecule has 0 saturated heterocycles. The Bertz CT molecular complexity index is 169. The largest absolute Gasteiger partial charge is 0.179 e. The Balaban J connectivity index is 2.43. The Labute approximate surface area is 67.7 Å². The molecule has 0 nitrogen and oxygen atoms in total. The van der Waals surface area contributed by atoms with Crippen LogP contribution in [-0.2, 0) is 6.42 Å². The molecule has 0 aliphatic carbocycles. The lowest BCUT2D eigenvalue weighted by molar-refractivity contribution is 0.936. The molecule has 0 atom stereocenters. The maximum Gasteiger partial charge on any atom is -0.00947 e. The summed E-state index contributed by atoms with van der Waals surface area (Å²) >= 11 is 4.15. The number of aryl methyl sites for hydroxylation is 1. The Hall–Kier alpha value is -0.430. The molecule has 1 aromatic carbocycles. The highest BCUT2D eigenvalue weighted by Gasteiger charge is 1.87. The van der Waals surface area contributed by atoms with Crippen molar-refractivity contribution in [2.45, 2.75) is 12.8 Å². The predicted octanol–water partition coefficient (Wildman–Crippen LogP) is 2.55. The van der Waals surface area contributed by atoms with Crippen LogP contribution in [0.4, 0.5) is 0 Å². The summed E-state index contributed by atoms with van der Waals surface area (Å²) in [6.07, 6.45) is 2.33. The summed E-state index contributed by atoms with van der Waals surface area (Å²) in [5, 5.41) is 0. The molecule has 10 heavy (non-hydrogen) atoms. The first-order valence-electron chi connectivity index (χ1n) is 3.58. The molecule has 0 unspecified atom stereocenters. The first kappa shape index (κ1) is 7.67. The van der Waals surface area contributed by atoms with Gasteiger partial charge in [-0.05, 0) is 24.2 Å². The molecule has 1 rings (SSSR count). The molecular weight excluding hydrogens is 140 g/mol. The zero-order valence-corrected chi connectivity index (χ0v) is 6.85. The van der Waals surface area contributed by atoms with Gasteiger partial charge < -0.3 is 0 Å². The van der Waals surface area contributed by atoms with Gasteiger partial charge in [0.2, 0.25) is 0 Å². The van der Waals surface area contributed by atoms with Crippen LogP contribution in [0.1, 0.15) is 12.0 Å². The summed E-state index contributed by atoms with van der Waals surface area (Å²) in [7, 11) is 0. The van der Waals surface area contributed by atoms with Gasteiger partial charge in [0, 0.05) is 0 Å². The van der Waals surface area contributed by atoms with Gasteiger partial charge in [-0.2, -0.15) is 12.6 Å². The van der Waals surface area contributed by atoms with E-state index in [2.05, 4.69) is 36.9 Å². The van der Waals surface area contributed by atoms with E-state index in [4.69, 9.17) is 0 Å². The molecular formula is C9H12S. The molecule has 0 aliphatic rings. The maximum atomic E-state index is 4.15. The number of hydrogen-bond acceptors (Lipinski definition) is 1. The average Bonchev–Trinajstić information content (AvgIpc) is 2.03. The molecule has 0 aliphatic heterocycles. The molecule has 0 spiro atoms. The first-order chi connectivity index (χ1) is 4.93. The minimum Gasteiger partial charge on any atom is -0.179 e. The Morgan fingerprint density at radius 3 is 2.40 bits per heavy atom. The zero-order valence-electron chi connectivity index (χ0n) is 5.96. The normalized spacial score (nSPS) is 9.70. The molecule has 1 heteroatoms. The third kappa shape index (κ3) is 2.44. The van der Waals surface area contributed by atoms with E-state index < -0.39 is 0 Å². The SMILES string of the molecule is SCCCc1ccccc1. The lowest BCUT2D eigenvalue weighted by Crippen LogP contribution is -1.84. The molecule has 54 valence electrons. The van der Waals surface area contributed by atoms with E-state index in [1.54, 1.807) is 0 Å². The molecule has 0 heterocycles. The van der Waals surface area contributed by atoms with E-state index >= 15 is 0 Å². The van der Waals surface area contributed by atoms with Gasteiger partial charge >= 0.3 is 0 Å². The van der Waals surface area contributed by atoms with Crippen molar-refractivity contribution in [1.29, 1.82) is 0 Å². The van der Waals surface area contributed by atoms with Crippen molar-refractivity contribution in [1.82, 2.24) is 0 Å². The minimum atomic E-state index is 0.981. The van der Waals surface area contributed by atoms with Gasteiger partial charge in [-0.1, -0.05) is 30.3 Å². The fourth-order valence-electron chi connectivity index (χ4n) is 0.928. The highest BCUT2D eigenvalue weighted by atomic mass is 32.1. The smallest absolute Gasteiger partial charge is 0.00947 e. The number of benzene rings is 1. The van der Waals surface area contributed by atoms with Gasteiger partial charge in [0.1, 0.15) is 0 Å². The fourth-order valence-corrected chi connectivity index (χ4v) is 1.09. The van der Waals surface area contributed by atoms with Crippen LogP contribution in [0.25, 0.3) is 0 Å². The summed E-state index contributed by atoms with van der Waals surface area (Å²) in [4.78, 5) is 0. The second-order valence-corrected chi connectivity index (χ2v) is 2.76. The van der Waals surface area contributed by atoms with Crippen molar-refractivity contribution < 1.29 is 0 Å². The molecule has 1 aromatic rings. The van der Waals surface area contributed by atoms with Gasteiger partial charge in [0.15, 0.2) is 0 Å². The van der Waals surface area contributed by atoms with E-state index in [0.29, 0.717) is 0 Å². The third-order valence-corrected chi connectivity index (χ3v) is 1.78. The van der Waals surface area contributed by atoms with Crippen molar-refractivity contribution in [2.24, 2.45) is 0 Å². The lowest BCUT2D eigenvalue weighted by Gasteiger charge is -1.96. The predicted molar refractivity (Wildman–Crippen MR) is 48.6 cm³/mol. The van der Waals surface area contributed by atoms with Gasteiger partial charge in [-0.25, -0.2) is 0 Å². The first-order valence-corrected chi connectivity index (χ1v) is 4.21.